The Balaban J connectivity index is 1.28. The summed E-state index contributed by atoms with van der Waals surface area (Å²) in [6.45, 7) is 2.84. The number of rotatable bonds is 8. The van der Waals surface area contributed by atoms with Crippen LogP contribution in [0.15, 0.2) is 61.2 Å². The average Bonchev–Trinajstić information content (AvgIpc) is 2.81. The molecule has 0 aliphatic carbocycles. The largest absolute Gasteiger partial charge is 0.470 e. The number of nitro benzene ring substituents is 1. The highest BCUT2D eigenvalue weighted by atomic mass is 16.6. The van der Waals surface area contributed by atoms with Crippen molar-refractivity contribution in [2.75, 3.05) is 13.1 Å². The fourth-order valence-electron chi connectivity index (χ4n) is 3.45. The lowest BCUT2D eigenvalue weighted by Gasteiger charge is -2.32. The zero-order valence-corrected chi connectivity index (χ0v) is 17.0. The van der Waals surface area contributed by atoms with Crippen LogP contribution in [0.1, 0.15) is 24.0 Å². The molecule has 3 aromatic rings. The van der Waals surface area contributed by atoms with Gasteiger partial charge in [-0.2, -0.15) is 0 Å². The summed E-state index contributed by atoms with van der Waals surface area (Å²) in [5.74, 6) is 0.778. The lowest BCUT2D eigenvalue weighted by molar-refractivity contribution is -0.384. The van der Waals surface area contributed by atoms with E-state index in [1.54, 1.807) is 36.9 Å². The van der Waals surface area contributed by atoms with Gasteiger partial charge in [-0.1, -0.05) is 18.2 Å². The number of benzene rings is 1. The summed E-state index contributed by atoms with van der Waals surface area (Å²) in [6, 6.07) is 10.5. The van der Waals surface area contributed by atoms with Gasteiger partial charge < -0.3 is 9.47 Å². The summed E-state index contributed by atoms with van der Waals surface area (Å²) in [4.78, 5) is 25.4. The third-order valence-corrected chi connectivity index (χ3v) is 5.10. The topological polar surface area (TPSA) is 104 Å². The Morgan fingerprint density at radius 3 is 2.42 bits per heavy atom. The molecule has 4 rings (SSSR count). The number of hydrogen-bond donors (Lipinski definition) is 0. The van der Waals surface area contributed by atoms with Crippen LogP contribution >= 0.6 is 0 Å². The molecule has 2 aromatic heterocycles. The van der Waals surface area contributed by atoms with E-state index in [9.17, 15) is 10.1 Å². The van der Waals surface area contributed by atoms with E-state index in [1.807, 2.05) is 24.3 Å². The predicted octanol–water partition coefficient (Wildman–Crippen LogP) is 3.40. The first kappa shape index (κ1) is 20.7. The van der Waals surface area contributed by atoms with Gasteiger partial charge in [-0.3, -0.25) is 20.0 Å². The van der Waals surface area contributed by atoms with E-state index >= 15 is 0 Å². The minimum atomic E-state index is -0.381. The number of aromatic nitrogens is 3. The normalized spacial score (nSPS) is 14.8. The Labute approximate surface area is 179 Å². The summed E-state index contributed by atoms with van der Waals surface area (Å²) >= 11 is 0. The van der Waals surface area contributed by atoms with Crippen molar-refractivity contribution in [3.8, 4) is 11.8 Å². The molecule has 1 aliphatic heterocycles. The lowest BCUT2D eigenvalue weighted by atomic mass is 10.1. The first-order valence-electron chi connectivity index (χ1n) is 10.1. The first-order chi connectivity index (χ1) is 15.2. The van der Waals surface area contributed by atoms with E-state index in [0.717, 1.165) is 43.6 Å². The van der Waals surface area contributed by atoms with Crippen molar-refractivity contribution < 1.29 is 14.4 Å². The molecule has 9 nitrogen and oxygen atoms in total. The molecule has 0 N–H and O–H groups in total. The second-order valence-electron chi connectivity index (χ2n) is 7.33. The molecule has 0 bridgehead atoms. The van der Waals surface area contributed by atoms with Crippen LogP contribution < -0.4 is 9.47 Å². The van der Waals surface area contributed by atoms with Gasteiger partial charge in [0, 0.05) is 62.1 Å². The van der Waals surface area contributed by atoms with Crippen LogP contribution in [0.25, 0.3) is 0 Å². The number of pyridine rings is 1. The zero-order valence-electron chi connectivity index (χ0n) is 17.0. The minimum absolute atomic E-state index is 0.0329. The van der Waals surface area contributed by atoms with E-state index < -0.39 is 0 Å². The molecule has 1 aromatic carbocycles. The number of non-ortho nitro benzene ring substituents is 1. The van der Waals surface area contributed by atoms with E-state index in [4.69, 9.17) is 9.47 Å². The van der Waals surface area contributed by atoms with Crippen LogP contribution in [0.5, 0.6) is 11.8 Å². The standard InChI is InChI=1S/C22H23N5O4/c28-27(29)19-5-3-17(4-6-19)15-26-12-7-20(8-13-26)31-22-21(24-10-11-25-22)30-16-18-2-1-9-23-14-18/h1-6,9-11,14,20H,7-8,12-13,15-16H2. The SMILES string of the molecule is O=[N+]([O-])c1ccc(CN2CCC(Oc3nccnc3OCc3cccnc3)CC2)cc1. The summed E-state index contributed by atoms with van der Waals surface area (Å²) in [6.07, 6.45) is 8.38. The molecule has 31 heavy (non-hydrogen) atoms. The predicted molar refractivity (Wildman–Crippen MR) is 113 cm³/mol. The van der Waals surface area contributed by atoms with Gasteiger partial charge in [0.05, 0.1) is 4.92 Å². The van der Waals surface area contributed by atoms with Gasteiger partial charge in [0.25, 0.3) is 17.4 Å². The Morgan fingerprint density at radius 1 is 1.00 bits per heavy atom. The first-order valence-corrected chi connectivity index (χ1v) is 10.1. The molecule has 0 amide bonds. The van der Waals surface area contributed by atoms with Gasteiger partial charge in [-0.05, 0) is 24.5 Å². The van der Waals surface area contributed by atoms with Gasteiger partial charge in [0.15, 0.2) is 0 Å². The average molecular weight is 421 g/mol. The molecule has 1 fully saturated rings. The maximum atomic E-state index is 10.8. The van der Waals surface area contributed by atoms with Gasteiger partial charge in [-0.15, -0.1) is 0 Å². The molecule has 3 heterocycles. The fourth-order valence-corrected chi connectivity index (χ4v) is 3.45. The van der Waals surface area contributed by atoms with E-state index in [1.165, 1.54) is 0 Å². The van der Waals surface area contributed by atoms with E-state index in [0.29, 0.717) is 18.4 Å². The molecule has 0 unspecified atom stereocenters. The molecular weight excluding hydrogens is 398 g/mol. The molecule has 0 atom stereocenters. The van der Waals surface area contributed by atoms with Crippen molar-refractivity contribution in [2.24, 2.45) is 0 Å². The van der Waals surface area contributed by atoms with Gasteiger partial charge in [0.1, 0.15) is 12.7 Å². The number of nitro groups is 1. The highest BCUT2D eigenvalue weighted by Crippen LogP contribution is 2.26. The summed E-state index contributed by atoms with van der Waals surface area (Å²) < 4.78 is 11.9. The summed E-state index contributed by atoms with van der Waals surface area (Å²) in [5, 5.41) is 10.8. The zero-order chi connectivity index (χ0) is 21.5. The van der Waals surface area contributed by atoms with Crippen LogP contribution in [-0.2, 0) is 13.2 Å². The quantitative estimate of drug-likeness (QED) is 0.403. The second kappa shape index (κ2) is 9.94. The third-order valence-electron chi connectivity index (χ3n) is 5.10. The fraction of sp³-hybridized carbons (Fsp3) is 0.318. The van der Waals surface area contributed by atoms with E-state index in [-0.39, 0.29) is 16.7 Å². The Kier molecular flexibility index (Phi) is 6.63. The number of ether oxygens (including phenoxy) is 2. The van der Waals surface area contributed by atoms with E-state index in [2.05, 4.69) is 19.9 Å². The third kappa shape index (κ3) is 5.73. The van der Waals surface area contributed by atoms with Gasteiger partial charge in [-0.25, -0.2) is 9.97 Å². The van der Waals surface area contributed by atoms with Crippen molar-refractivity contribution in [3.05, 3.63) is 82.4 Å². The Morgan fingerprint density at radius 2 is 1.74 bits per heavy atom. The Hall–Kier alpha value is -3.59. The van der Waals surface area contributed by atoms with Crippen molar-refractivity contribution in [1.29, 1.82) is 0 Å². The van der Waals surface area contributed by atoms with Crippen LogP contribution in [0, 0.1) is 10.1 Å². The van der Waals surface area contributed by atoms with Crippen LogP contribution in [0.4, 0.5) is 5.69 Å². The van der Waals surface area contributed by atoms with Crippen molar-refractivity contribution >= 4 is 5.69 Å². The summed E-state index contributed by atoms with van der Waals surface area (Å²) in [7, 11) is 0. The van der Waals surface area contributed by atoms with Crippen molar-refractivity contribution in [2.45, 2.75) is 32.1 Å². The monoisotopic (exact) mass is 421 g/mol. The van der Waals surface area contributed by atoms with Gasteiger partial charge >= 0.3 is 0 Å². The molecule has 9 heteroatoms. The minimum Gasteiger partial charge on any atom is -0.470 e. The molecule has 0 radical (unpaired) electrons. The molecular formula is C22H23N5O4. The van der Waals surface area contributed by atoms with Crippen molar-refractivity contribution in [1.82, 2.24) is 19.9 Å². The van der Waals surface area contributed by atoms with Crippen molar-refractivity contribution in [3.63, 3.8) is 0 Å². The van der Waals surface area contributed by atoms with Gasteiger partial charge in [0.2, 0.25) is 0 Å². The molecule has 0 spiro atoms. The van der Waals surface area contributed by atoms with Crippen LogP contribution in [0.3, 0.4) is 0 Å². The number of piperidine rings is 1. The van der Waals surface area contributed by atoms with Crippen LogP contribution in [0.2, 0.25) is 0 Å². The number of likely N-dealkylation sites (tertiary alicyclic amines) is 1. The smallest absolute Gasteiger partial charge is 0.278 e. The molecule has 1 saturated heterocycles. The molecule has 0 saturated carbocycles. The maximum absolute atomic E-state index is 10.8. The number of nitrogens with zero attached hydrogens (tertiary/aromatic N) is 5. The Bertz CT molecular complexity index is 992. The maximum Gasteiger partial charge on any atom is 0.278 e. The molecule has 1 aliphatic rings. The number of hydrogen-bond acceptors (Lipinski definition) is 8. The van der Waals surface area contributed by atoms with Crippen LogP contribution in [-0.4, -0.2) is 44.0 Å². The highest BCUT2D eigenvalue weighted by Gasteiger charge is 2.23. The summed E-state index contributed by atoms with van der Waals surface area (Å²) in [5.41, 5.74) is 2.12. The lowest BCUT2D eigenvalue weighted by Crippen LogP contribution is -2.38. The second-order valence-corrected chi connectivity index (χ2v) is 7.33. The molecule has 160 valence electrons. The highest BCUT2D eigenvalue weighted by molar-refractivity contribution is 5.32.